The van der Waals surface area contributed by atoms with Crippen molar-refractivity contribution in [1.29, 1.82) is 0 Å². The highest BCUT2D eigenvalue weighted by molar-refractivity contribution is 7.97. The molecule has 0 spiro atoms. The molecule has 0 aliphatic heterocycles. The van der Waals surface area contributed by atoms with Gasteiger partial charge in [0, 0.05) is 12.5 Å². The topological polar surface area (TPSA) is 54.9 Å². The van der Waals surface area contributed by atoms with Crippen LogP contribution in [0.25, 0.3) is 0 Å². The fourth-order valence-corrected chi connectivity index (χ4v) is 0.860. The van der Waals surface area contributed by atoms with Crippen LogP contribution in [0.2, 0.25) is 0 Å². The van der Waals surface area contributed by atoms with E-state index in [0.29, 0.717) is 5.69 Å². The van der Waals surface area contributed by atoms with E-state index in [1.165, 1.54) is 24.5 Å². The number of nitrogens with one attached hydrogen (secondary N) is 1. The molecule has 0 bridgehead atoms. The number of rotatable bonds is 2. The standard InChI is InChI=1S/C6H7N3OS/c1-11-9-6(10)5-2-3-7-4-8-5/h2-4H,1H3,(H,9,10). The number of amides is 1. The molecular weight excluding hydrogens is 162 g/mol. The van der Waals surface area contributed by atoms with Gasteiger partial charge in [-0.05, 0) is 6.07 Å². The molecule has 1 aromatic rings. The van der Waals surface area contributed by atoms with Crippen molar-refractivity contribution in [2.24, 2.45) is 0 Å². The number of hydrogen-bond acceptors (Lipinski definition) is 4. The lowest BCUT2D eigenvalue weighted by Gasteiger charge is -1.97. The summed E-state index contributed by atoms with van der Waals surface area (Å²) < 4.78 is 2.55. The SMILES string of the molecule is CSNC(=O)c1ccncn1. The van der Waals surface area contributed by atoms with E-state index < -0.39 is 0 Å². The second kappa shape index (κ2) is 3.92. The van der Waals surface area contributed by atoms with Crippen LogP contribution in [0.5, 0.6) is 0 Å². The van der Waals surface area contributed by atoms with E-state index in [9.17, 15) is 4.79 Å². The third kappa shape index (κ3) is 2.19. The Balaban J connectivity index is 2.69. The maximum Gasteiger partial charge on any atom is 0.279 e. The monoisotopic (exact) mass is 169 g/mol. The molecule has 0 fully saturated rings. The van der Waals surface area contributed by atoms with Crippen molar-refractivity contribution in [2.75, 3.05) is 6.26 Å². The quantitative estimate of drug-likeness (QED) is 0.654. The lowest BCUT2D eigenvalue weighted by atomic mass is 10.4. The number of aromatic nitrogens is 2. The van der Waals surface area contributed by atoms with Crippen LogP contribution in [-0.2, 0) is 0 Å². The van der Waals surface area contributed by atoms with Gasteiger partial charge in [-0.25, -0.2) is 9.97 Å². The first-order valence-electron chi connectivity index (χ1n) is 2.94. The summed E-state index contributed by atoms with van der Waals surface area (Å²) in [4.78, 5) is 18.5. The zero-order chi connectivity index (χ0) is 8.10. The molecule has 0 saturated heterocycles. The van der Waals surface area contributed by atoms with Crippen molar-refractivity contribution in [2.45, 2.75) is 0 Å². The van der Waals surface area contributed by atoms with Crippen molar-refractivity contribution in [3.8, 4) is 0 Å². The second-order valence-corrected chi connectivity index (χ2v) is 2.34. The van der Waals surface area contributed by atoms with Crippen molar-refractivity contribution >= 4 is 17.9 Å². The van der Waals surface area contributed by atoms with E-state index in [0.717, 1.165) is 0 Å². The van der Waals surface area contributed by atoms with Crippen LogP contribution < -0.4 is 4.72 Å². The largest absolute Gasteiger partial charge is 0.295 e. The molecule has 4 nitrogen and oxygen atoms in total. The van der Waals surface area contributed by atoms with Gasteiger partial charge in [0.15, 0.2) is 0 Å². The summed E-state index contributed by atoms with van der Waals surface area (Å²) in [6, 6.07) is 1.56. The van der Waals surface area contributed by atoms with Crippen molar-refractivity contribution in [3.63, 3.8) is 0 Å². The van der Waals surface area contributed by atoms with E-state index in [1.54, 1.807) is 12.3 Å². The first-order chi connectivity index (χ1) is 5.34. The lowest BCUT2D eigenvalue weighted by Crippen LogP contribution is -2.16. The first kappa shape index (κ1) is 8.00. The molecule has 1 rings (SSSR count). The third-order valence-electron chi connectivity index (χ3n) is 1.01. The summed E-state index contributed by atoms with van der Waals surface area (Å²) in [5, 5.41) is 0. The Bertz CT molecular complexity index is 239. The molecule has 0 aliphatic carbocycles. The normalized spacial score (nSPS) is 9.18. The van der Waals surface area contributed by atoms with Crippen molar-refractivity contribution in [3.05, 3.63) is 24.3 Å². The van der Waals surface area contributed by atoms with E-state index in [2.05, 4.69) is 14.7 Å². The predicted octanol–water partition coefficient (Wildman–Crippen LogP) is 0.484. The summed E-state index contributed by atoms with van der Waals surface area (Å²) in [5.41, 5.74) is 0.384. The molecule has 0 unspecified atom stereocenters. The molecule has 58 valence electrons. The van der Waals surface area contributed by atoms with Crippen molar-refractivity contribution < 1.29 is 4.79 Å². The van der Waals surface area contributed by atoms with Crippen LogP contribution in [0.4, 0.5) is 0 Å². The van der Waals surface area contributed by atoms with E-state index in [1.807, 2.05) is 0 Å². The van der Waals surface area contributed by atoms with Gasteiger partial charge in [-0.3, -0.25) is 9.52 Å². The Morgan fingerprint density at radius 3 is 3.09 bits per heavy atom. The van der Waals surface area contributed by atoms with Crippen LogP contribution in [-0.4, -0.2) is 22.1 Å². The van der Waals surface area contributed by atoms with Crippen molar-refractivity contribution in [1.82, 2.24) is 14.7 Å². The zero-order valence-corrected chi connectivity index (χ0v) is 6.76. The highest BCUT2D eigenvalue weighted by Gasteiger charge is 2.03. The first-order valence-corrected chi connectivity index (χ1v) is 4.16. The minimum Gasteiger partial charge on any atom is -0.295 e. The lowest BCUT2D eigenvalue weighted by molar-refractivity contribution is 0.0979. The van der Waals surface area contributed by atoms with Gasteiger partial charge in [-0.2, -0.15) is 0 Å². The number of carbonyl (C=O) groups excluding carboxylic acids is 1. The molecule has 0 radical (unpaired) electrons. The Morgan fingerprint density at radius 1 is 1.73 bits per heavy atom. The zero-order valence-electron chi connectivity index (χ0n) is 5.94. The number of hydrogen-bond donors (Lipinski definition) is 1. The fraction of sp³-hybridized carbons (Fsp3) is 0.167. The molecule has 11 heavy (non-hydrogen) atoms. The average Bonchev–Trinajstić information content (AvgIpc) is 2.07. The van der Waals surface area contributed by atoms with Gasteiger partial charge in [-0.15, -0.1) is 0 Å². The number of nitrogens with zero attached hydrogens (tertiary/aromatic N) is 2. The Morgan fingerprint density at radius 2 is 2.55 bits per heavy atom. The summed E-state index contributed by atoms with van der Waals surface area (Å²) in [5.74, 6) is -0.195. The predicted molar refractivity (Wildman–Crippen MR) is 43.0 cm³/mol. The van der Waals surface area contributed by atoms with E-state index in [4.69, 9.17) is 0 Å². The van der Waals surface area contributed by atoms with Crippen LogP contribution in [0, 0.1) is 0 Å². The molecule has 0 aromatic carbocycles. The van der Waals surface area contributed by atoms with Gasteiger partial charge in [0.1, 0.15) is 12.0 Å². The summed E-state index contributed by atoms with van der Waals surface area (Å²) in [6.07, 6.45) is 4.65. The molecule has 0 aliphatic rings. The molecule has 1 aromatic heterocycles. The van der Waals surface area contributed by atoms with E-state index >= 15 is 0 Å². The minimum absolute atomic E-state index is 0.195. The number of carbonyl (C=O) groups is 1. The molecular formula is C6H7N3OS. The van der Waals surface area contributed by atoms with Gasteiger partial charge in [0.25, 0.3) is 5.91 Å². The third-order valence-corrected chi connectivity index (χ3v) is 1.40. The van der Waals surface area contributed by atoms with Crippen LogP contribution in [0.3, 0.4) is 0 Å². The van der Waals surface area contributed by atoms with Gasteiger partial charge in [0.05, 0.1) is 0 Å². The fourth-order valence-electron chi connectivity index (χ4n) is 0.570. The molecule has 0 atom stereocenters. The Hall–Kier alpha value is -1.10. The van der Waals surface area contributed by atoms with Gasteiger partial charge in [-0.1, -0.05) is 11.9 Å². The van der Waals surface area contributed by atoms with Crippen LogP contribution in [0.1, 0.15) is 10.5 Å². The molecule has 0 saturated carbocycles. The maximum absolute atomic E-state index is 11.0. The van der Waals surface area contributed by atoms with E-state index in [-0.39, 0.29) is 5.91 Å². The second-order valence-electron chi connectivity index (χ2n) is 1.73. The van der Waals surface area contributed by atoms with Gasteiger partial charge < -0.3 is 0 Å². The van der Waals surface area contributed by atoms with Gasteiger partial charge in [0.2, 0.25) is 0 Å². The highest BCUT2D eigenvalue weighted by atomic mass is 32.2. The smallest absolute Gasteiger partial charge is 0.279 e. The summed E-state index contributed by atoms with van der Waals surface area (Å²) in [6.45, 7) is 0. The molecule has 1 N–H and O–H groups in total. The average molecular weight is 169 g/mol. The summed E-state index contributed by atoms with van der Waals surface area (Å²) in [7, 11) is 0. The molecule has 5 heteroatoms. The van der Waals surface area contributed by atoms with Crippen LogP contribution >= 0.6 is 11.9 Å². The van der Waals surface area contributed by atoms with Gasteiger partial charge >= 0.3 is 0 Å². The summed E-state index contributed by atoms with van der Waals surface area (Å²) >= 11 is 1.24. The minimum atomic E-state index is -0.195. The Kier molecular flexibility index (Phi) is 2.85. The van der Waals surface area contributed by atoms with Crippen LogP contribution in [0.15, 0.2) is 18.6 Å². The molecule has 1 amide bonds. The maximum atomic E-state index is 11.0. The highest BCUT2D eigenvalue weighted by Crippen LogP contribution is 1.93. The Labute approximate surface area is 68.6 Å². The molecule has 1 heterocycles.